The van der Waals surface area contributed by atoms with Crippen molar-refractivity contribution in [2.45, 2.75) is 32.8 Å². The van der Waals surface area contributed by atoms with Crippen molar-refractivity contribution in [1.82, 2.24) is 0 Å². The van der Waals surface area contributed by atoms with Gasteiger partial charge in [0.2, 0.25) is 0 Å². The molecule has 1 aromatic rings. The Labute approximate surface area is 107 Å². The molecule has 0 bridgehead atoms. The fraction of sp³-hybridized carbons (Fsp3) is 0.417. The second-order valence-corrected chi connectivity index (χ2v) is 4.69. The number of hydrogen-bond donors (Lipinski definition) is 1. The predicted molar refractivity (Wildman–Crippen MR) is 72.3 cm³/mol. The number of benzene rings is 1. The van der Waals surface area contributed by atoms with Crippen molar-refractivity contribution < 1.29 is 4.74 Å². The van der Waals surface area contributed by atoms with Crippen molar-refractivity contribution in [2.75, 3.05) is 0 Å². The SMILES string of the molecule is CCC(CC(N)=S)Oc1ccc(Cl)cc1C. The highest BCUT2D eigenvalue weighted by Gasteiger charge is 2.11. The minimum absolute atomic E-state index is 0.0392. The zero-order valence-corrected chi connectivity index (χ0v) is 11.1. The molecule has 0 saturated carbocycles. The van der Waals surface area contributed by atoms with Crippen LogP contribution in [-0.2, 0) is 0 Å². The first-order valence-corrected chi connectivity index (χ1v) is 6.02. The highest BCUT2D eigenvalue weighted by Crippen LogP contribution is 2.24. The fourth-order valence-electron chi connectivity index (χ4n) is 1.42. The highest BCUT2D eigenvalue weighted by molar-refractivity contribution is 7.80. The number of hydrogen-bond acceptors (Lipinski definition) is 2. The predicted octanol–water partition coefficient (Wildman–Crippen LogP) is 3.48. The molecule has 0 fully saturated rings. The van der Waals surface area contributed by atoms with E-state index in [0.29, 0.717) is 16.4 Å². The molecule has 0 amide bonds. The molecule has 2 nitrogen and oxygen atoms in total. The molecule has 0 spiro atoms. The normalized spacial score (nSPS) is 12.2. The van der Waals surface area contributed by atoms with Crippen molar-refractivity contribution in [3.05, 3.63) is 28.8 Å². The minimum atomic E-state index is 0.0392. The molecule has 1 aromatic carbocycles. The lowest BCUT2D eigenvalue weighted by atomic mass is 10.2. The molecule has 0 heterocycles. The van der Waals surface area contributed by atoms with Crippen LogP contribution in [0.15, 0.2) is 18.2 Å². The van der Waals surface area contributed by atoms with E-state index in [1.54, 1.807) is 0 Å². The van der Waals surface area contributed by atoms with Gasteiger partial charge in [-0.05, 0) is 37.1 Å². The molecule has 0 aliphatic heterocycles. The molecule has 0 aliphatic rings. The second kappa shape index (κ2) is 6.06. The second-order valence-electron chi connectivity index (χ2n) is 3.73. The van der Waals surface area contributed by atoms with Gasteiger partial charge in [-0.15, -0.1) is 0 Å². The van der Waals surface area contributed by atoms with Crippen LogP contribution in [0.1, 0.15) is 25.3 Å². The fourth-order valence-corrected chi connectivity index (χ4v) is 1.83. The molecule has 0 saturated heterocycles. The molecule has 88 valence electrons. The molecule has 1 rings (SSSR count). The summed E-state index contributed by atoms with van der Waals surface area (Å²) in [4.78, 5) is 0.485. The van der Waals surface area contributed by atoms with Crippen LogP contribution < -0.4 is 10.5 Å². The molecule has 0 aromatic heterocycles. The van der Waals surface area contributed by atoms with Gasteiger partial charge in [0.1, 0.15) is 11.9 Å². The maximum absolute atomic E-state index is 5.88. The van der Waals surface area contributed by atoms with Gasteiger partial charge in [0.05, 0.1) is 4.99 Å². The van der Waals surface area contributed by atoms with E-state index in [4.69, 9.17) is 34.3 Å². The first kappa shape index (κ1) is 13.3. The number of halogens is 1. The van der Waals surface area contributed by atoms with Crippen LogP contribution in [-0.4, -0.2) is 11.1 Å². The van der Waals surface area contributed by atoms with Crippen molar-refractivity contribution in [1.29, 1.82) is 0 Å². The Balaban J connectivity index is 2.73. The standard InChI is InChI=1S/C12H16ClNOS/c1-3-10(7-12(14)16)15-11-5-4-9(13)6-8(11)2/h4-6,10H,3,7H2,1-2H3,(H2,14,16). The number of rotatable bonds is 5. The quantitative estimate of drug-likeness (QED) is 0.821. The van der Waals surface area contributed by atoms with Gasteiger partial charge in [-0.2, -0.15) is 0 Å². The molecule has 4 heteroatoms. The maximum Gasteiger partial charge on any atom is 0.122 e. The van der Waals surface area contributed by atoms with Gasteiger partial charge in [0, 0.05) is 11.4 Å². The van der Waals surface area contributed by atoms with E-state index >= 15 is 0 Å². The molecule has 1 unspecified atom stereocenters. The summed E-state index contributed by atoms with van der Waals surface area (Å²) < 4.78 is 5.83. The topological polar surface area (TPSA) is 35.2 Å². The van der Waals surface area contributed by atoms with Crippen molar-refractivity contribution >= 4 is 28.8 Å². The Morgan fingerprint density at radius 1 is 1.56 bits per heavy atom. The van der Waals surface area contributed by atoms with E-state index in [-0.39, 0.29) is 6.10 Å². The van der Waals surface area contributed by atoms with Crippen molar-refractivity contribution in [2.24, 2.45) is 5.73 Å². The van der Waals surface area contributed by atoms with Crippen molar-refractivity contribution in [3.8, 4) is 5.75 Å². The first-order valence-electron chi connectivity index (χ1n) is 5.24. The molecule has 0 radical (unpaired) electrons. The Bertz CT molecular complexity index is 381. The summed E-state index contributed by atoms with van der Waals surface area (Å²) in [6.07, 6.45) is 1.52. The maximum atomic E-state index is 5.88. The lowest BCUT2D eigenvalue weighted by Gasteiger charge is -2.18. The van der Waals surface area contributed by atoms with E-state index in [0.717, 1.165) is 17.7 Å². The Kier molecular flexibility index (Phi) is 5.03. The van der Waals surface area contributed by atoms with Gasteiger partial charge in [0.15, 0.2) is 0 Å². The van der Waals surface area contributed by atoms with Gasteiger partial charge in [-0.3, -0.25) is 0 Å². The molecule has 16 heavy (non-hydrogen) atoms. The Morgan fingerprint density at radius 3 is 2.75 bits per heavy atom. The molecule has 0 aliphatic carbocycles. The van der Waals surface area contributed by atoms with Gasteiger partial charge in [-0.25, -0.2) is 0 Å². The van der Waals surface area contributed by atoms with Crippen LogP contribution in [0.4, 0.5) is 0 Å². The van der Waals surface area contributed by atoms with E-state index in [1.165, 1.54) is 0 Å². The molecule has 2 N–H and O–H groups in total. The minimum Gasteiger partial charge on any atom is -0.490 e. The summed E-state index contributed by atoms with van der Waals surface area (Å²) in [5.74, 6) is 0.840. The smallest absolute Gasteiger partial charge is 0.122 e. The summed E-state index contributed by atoms with van der Waals surface area (Å²) in [6, 6.07) is 5.57. The summed E-state index contributed by atoms with van der Waals surface area (Å²) in [7, 11) is 0. The number of ether oxygens (including phenoxy) is 1. The van der Waals surface area contributed by atoms with Crippen molar-refractivity contribution in [3.63, 3.8) is 0 Å². The zero-order valence-electron chi connectivity index (χ0n) is 9.50. The average Bonchev–Trinajstić information content (AvgIpc) is 2.20. The highest BCUT2D eigenvalue weighted by atomic mass is 35.5. The van der Waals surface area contributed by atoms with Crippen LogP contribution in [0.3, 0.4) is 0 Å². The van der Waals surface area contributed by atoms with E-state index in [2.05, 4.69) is 0 Å². The number of aryl methyl sites for hydroxylation is 1. The largest absolute Gasteiger partial charge is 0.490 e. The van der Waals surface area contributed by atoms with Crippen LogP contribution in [0, 0.1) is 6.92 Å². The van der Waals surface area contributed by atoms with Gasteiger partial charge in [-0.1, -0.05) is 30.7 Å². The molecule has 1 atom stereocenters. The molecular weight excluding hydrogens is 242 g/mol. The number of nitrogens with two attached hydrogens (primary N) is 1. The van der Waals surface area contributed by atoms with Crippen LogP contribution in [0.2, 0.25) is 5.02 Å². The van der Waals surface area contributed by atoms with Crippen LogP contribution in [0.5, 0.6) is 5.75 Å². The Hall–Kier alpha value is -0.800. The first-order chi connectivity index (χ1) is 7.52. The van der Waals surface area contributed by atoms with E-state index in [1.807, 2.05) is 32.0 Å². The number of thiocarbonyl (C=S) groups is 1. The van der Waals surface area contributed by atoms with Gasteiger partial charge in [0.25, 0.3) is 0 Å². The average molecular weight is 258 g/mol. The van der Waals surface area contributed by atoms with Crippen LogP contribution >= 0.6 is 23.8 Å². The third-order valence-corrected chi connectivity index (χ3v) is 2.72. The van der Waals surface area contributed by atoms with E-state index < -0.39 is 0 Å². The lowest BCUT2D eigenvalue weighted by molar-refractivity contribution is 0.204. The summed E-state index contributed by atoms with van der Waals surface area (Å²) in [5, 5.41) is 0.715. The monoisotopic (exact) mass is 257 g/mol. The third kappa shape index (κ3) is 3.99. The summed E-state index contributed by atoms with van der Waals surface area (Å²) >= 11 is 10.8. The lowest BCUT2D eigenvalue weighted by Crippen LogP contribution is -2.23. The summed E-state index contributed by atoms with van der Waals surface area (Å²) in [6.45, 7) is 4.02. The van der Waals surface area contributed by atoms with Gasteiger partial charge >= 0.3 is 0 Å². The third-order valence-electron chi connectivity index (χ3n) is 2.31. The summed E-state index contributed by atoms with van der Waals surface area (Å²) in [5.41, 5.74) is 6.54. The Morgan fingerprint density at radius 2 is 2.25 bits per heavy atom. The van der Waals surface area contributed by atoms with Crippen LogP contribution in [0.25, 0.3) is 0 Å². The van der Waals surface area contributed by atoms with Gasteiger partial charge < -0.3 is 10.5 Å². The molecular formula is C12H16ClNOS. The zero-order chi connectivity index (χ0) is 12.1. The van der Waals surface area contributed by atoms with E-state index in [9.17, 15) is 0 Å².